The number of hydrogen-bond acceptors (Lipinski definition) is 7. The highest BCUT2D eigenvalue weighted by molar-refractivity contribution is 5.94. The van der Waals surface area contributed by atoms with Crippen LogP contribution < -0.4 is 14.2 Å². The lowest BCUT2D eigenvalue weighted by Crippen LogP contribution is -2.30. The molecule has 31 heavy (non-hydrogen) atoms. The predicted molar refractivity (Wildman–Crippen MR) is 112 cm³/mol. The molecular formula is C23H25N3O5. The minimum Gasteiger partial charge on any atom is -0.497 e. The Hall–Kier alpha value is -3.55. The van der Waals surface area contributed by atoms with Gasteiger partial charge in [-0.05, 0) is 55.3 Å². The van der Waals surface area contributed by atoms with Gasteiger partial charge in [0.25, 0.3) is 5.91 Å². The molecule has 1 amide bonds. The predicted octanol–water partition coefficient (Wildman–Crippen LogP) is 3.95. The topological polar surface area (TPSA) is 86.9 Å². The second-order valence-electron chi connectivity index (χ2n) is 7.31. The smallest absolute Gasteiger partial charge is 0.254 e. The van der Waals surface area contributed by atoms with Crippen LogP contribution in [-0.4, -0.2) is 41.7 Å². The number of nitrogens with zero attached hydrogens (tertiary/aromatic N) is 3. The summed E-state index contributed by atoms with van der Waals surface area (Å²) in [6, 6.07) is 12.7. The lowest BCUT2D eigenvalue weighted by atomic mass is 10.0. The molecule has 0 unspecified atom stereocenters. The van der Waals surface area contributed by atoms with Crippen LogP contribution in [0.25, 0.3) is 0 Å². The largest absolute Gasteiger partial charge is 0.497 e. The van der Waals surface area contributed by atoms with Crippen molar-refractivity contribution in [1.82, 2.24) is 15.0 Å². The van der Waals surface area contributed by atoms with Gasteiger partial charge in [-0.1, -0.05) is 5.16 Å². The molecule has 0 radical (unpaired) electrons. The van der Waals surface area contributed by atoms with Crippen LogP contribution in [0.3, 0.4) is 0 Å². The molecular weight excluding hydrogens is 398 g/mol. The first-order chi connectivity index (χ1) is 15.1. The maximum absolute atomic E-state index is 13.3. The average Bonchev–Trinajstić information content (AvgIpc) is 3.46. The van der Waals surface area contributed by atoms with Crippen LogP contribution in [0.15, 0.2) is 47.0 Å². The van der Waals surface area contributed by atoms with E-state index in [4.69, 9.17) is 18.7 Å². The van der Waals surface area contributed by atoms with Crippen molar-refractivity contribution in [2.75, 3.05) is 20.8 Å². The quantitative estimate of drug-likeness (QED) is 0.569. The van der Waals surface area contributed by atoms with Gasteiger partial charge in [0.2, 0.25) is 11.7 Å². The average molecular weight is 423 g/mol. The van der Waals surface area contributed by atoms with E-state index in [-0.39, 0.29) is 18.6 Å². The summed E-state index contributed by atoms with van der Waals surface area (Å²) < 4.78 is 21.5. The number of carbonyl (C=O) groups excluding carboxylic acids is 1. The number of ether oxygens (including phenoxy) is 3. The fraction of sp³-hybridized carbons (Fsp3) is 0.348. The molecule has 0 N–H and O–H groups in total. The number of hydrogen-bond donors (Lipinski definition) is 0. The molecule has 4 rings (SSSR count). The van der Waals surface area contributed by atoms with Crippen LogP contribution in [0.2, 0.25) is 0 Å². The first kappa shape index (κ1) is 20.7. The second kappa shape index (κ2) is 9.07. The molecule has 162 valence electrons. The van der Waals surface area contributed by atoms with Gasteiger partial charge >= 0.3 is 0 Å². The van der Waals surface area contributed by atoms with Gasteiger partial charge in [-0.3, -0.25) is 4.79 Å². The second-order valence-corrected chi connectivity index (χ2v) is 7.31. The van der Waals surface area contributed by atoms with Crippen molar-refractivity contribution in [3.8, 4) is 17.2 Å². The summed E-state index contributed by atoms with van der Waals surface area (Å²) >= 11 is 0. The molecule has 0 spiro atoms. The molecule has 2 aromatic carbocycles. The highest BCUT2D eigenvalue weighted by Crippen LogP contribution is 2.39. The maximum atomic E-state index is 13.3. The summed E-state index contributed by atoms with van der Waals surface area (Å²) in [6.07, 6.45) is 1.81. The van der Waals surface area contributed by atoms with Crippen molar-refractivity contribution in [3.63, 3.8) is 0 Å². The Morgan fingerprint density at radius 3 is 2.58 bits per heavy atom. The first-order valence-electron chi connectivity index (χ1n) is 10.1. The first-order valence-corrected chi connectivity index (χ1v) is 10.1. The van der Waals surface area contributed by atoms with Gasteiger partial charge in [0.05, 0.1) is 20.3 Å². The molecule has 8 heteroatoms. The van der Waals surface area contributed by atoms with E-state index in [0.29, 0.717) is 29.6 Å². The molecule has 1 saturated heterocycles. The van der Waals surface area contributed by atoms with E-state index in [0.717, 1.165) is 29.9 Å². The molecule has 1 aliphatic rings. The Morgan fingerprint density at radius 2 is 1.90 bits per heavy atom. The third kappa shape index (κ3) is 4.47. The molecule has 1 aromatic heterocycles. The normalized spacial score (nSPS) is 15.7. The van der Waals surface area contributed by atoms with E-state index in [1.165, 1.54) is 0 Å². The maximum Gasteiger partial charge on any atom is 0.254 e. The summed E-state index contributed by atoms with van der Waals surface area (Å²) in [5.41, 5.74) is 1.57. The number of amides is 1. The highest BCUT2D eigenvalue weighted by atomic mass is 16.5. The Kier molecular flexibility index (Phi) is 6.06. The van der Waals surface area contributed by atoms with Crippen LogP contribution in [0.5, 0.6) is 17.2 Å². The van der Waals surface area contributed by atoms with Gasteiger partial charge < -0.3 is 23.6 Å². The van der Waals surface area contributed by atoms with Gasteiger partial charge in [-0.25, -0.2) is 0 Å². The number of carbonyl (C=O) groups is 1. The summed E-state index contributed by atoms with van der Waals surface area (Å²) in [4.78, 5) is 19.3. The number of methoxy groups -OCH3 is 2. The summed E-state index contributed by atoms with van der Waals surface area (Å²) in [6.45, 7) is 2.62. The molecule has 2 heterocycles. The number of rotatable bonds is 7. The van der Waals surface area contributed by atoms with E-state index in [9.17, 15) is 4.79 Å². The van der Waals surface area contributed by atoms with Crippen molar-refractivity contribution < 1.29 is 23.5 Å². The van der Waals surface area contributed by atoms with Gasteiger partial charge in [0.15, 0.2) is 6.61 Å². The SMILES string of the molecule is COc1ccc(OC)c([C@@H]2CCCN2C(=O)c2ccc(OCc3noc(C)n3)cc2)c1. The van der Waals surface area contributed by atoms with E-state index in [2.05, 4.69) is 10.1 Å². The van der Waals surface area contributed by atoms with E-state index >= 15 is 0 Å². The zero-order valence-electron chi connectivity index (χ0n) is 17.8. The summed E-state index contributed by atoms with van der Waals surface area (Å²) in [5.74, 6) is 3.08. The highest BCUT2D eigenvalue weighted by Gasteiger charge is 2.32. The number of benzene rings is 2. The van der Waals surface area contributed by atoms with Gasteiger partial charge in [-0.2, -0.15) is 4.98 Å². The Labute approximate surface area is 180 Å². The molecule has 1 atom stereocenters. The molecule has 0 bridgehead atoms. The van der Waals surface area contributed by atoms with Crippen molar-refractivity contribution in [1.29, 1.82) is 0 Å². The van der Waals surface area contributed by atoms with Crippen molar-refractivity contribution >= 4 is 5.91 Å². The van der Waals surface area contributed by atoms with Crippen LogP contribution in [0.1, 0.15) is 46.5 Å². The number of aryl methyl sites for hydroxylation is 1. The Bertz CT molecular complexity index is 1050. The van der Waals surface area contributed by atoms with Crippen LogP contribution in [0, 0.1) is 6.92 Å². The Balaban J connectivity index is 1.48. The lowest BCUT2D eigenvalue weighted by Gasteiger charge is -2.27. The third-order valence-corrected chi connectivity index (χ3v) is 5.35. The van der Waals surface area contributed by atoms with E-state index < -0.39 is 0 Å². The monoisotopic (exact) mass is 423 g/mol. The van der Waals surface area contributed by atoms with Crippen molar-refractivity contribution in [2.45, 2.75) is 32.4 Å². The number of aromatic nitrogens is 2. The van der Waals surface area contributed by atoms with E-state index in [1.54, 1.807) is 45.4 Å². The van der Waals surface area contributed by atoms with E-state index in [1.807, 2.05) is 23.1 Å². The Morgan fingerprint density at radius 1 is 1.13 bits per heavy atom. The minimum absolute atomic E-state index is 0.0206. The van der Waals surface area contributed by atoms with Gasteiger partial charge in [0.1, 0.15) is 17.2 Å². The molecule has 3 aromatic rings. The van der Waals surface area contributed by atoms with Crippen molar-refractivity contribution in [3.05, 3.63) is 65.3 Å². The zero-order valence-corrected chi connectivity index (χ0v) is 17.8. The van der Waals surface area contributed by atoms with Crippen LogP contribution in [-0.2, 0) is 6.61 Å². The summed E-state index contributed by atoms with van der Waals surface area (Å²) in [5, 5.41) is 3.80. The molecule has 1 fully saturated rings. The van der Waals surface area contributed by atoms with Gasteiger partial charge in [0, 0.05) is 24.6 Å². The zero-order chi connectivity index (χ0) is 21.8. The molecule has 1 aliphatic heterocycles. The fourth-order valence-electron chi connectivity index (χ4n) is 3.84. The molecule has 0 saturated carbocycles. The summed E-state index contributed by atoms with van der Waals surface area (Å²) in [7, 11) is 3.27. The van der Waals surface area contributed by atoms with Crippen LogP contribution >= 0.6 is 0 Å². The fourth-order valence-corrected chi connectivity index (χ4v) is 3.84. The standard InChI is InChI=1S/C23H25N3O5/c1-15-24-22(25-31-15)14-30-17-8-6-16(7-9-17)23(27)26-12-4-5-20(26)19-13-18(28-2)10-11-21(19)29-3/h6-11,13,20H,4-5,12,14H2,1-3H3/t20-/m0/s1. The third-order valence-electron chi connectivity index (χ3n) is 5.35. The lowest BCUT2D eigenvalue weighted by molar-refractivity contribution is 0.0734. The van der Waals surface area contributed by atoms with Gasteiger partial charge in [-0.15, -0.1) is 0 Å². The minimum atomic E-state index is -0.0602. The van der Waals surface area contributed by atoms with Crippen molar-refractivity contribution in [2.24, 2.45) is 0 Å². The number of likely N-dealkylation sites (tertiary alicyclic amines) is 1. The molecule has 8 nitrogen and oxygen atoms in total. The van der Waals surface area contributed by atoms with Crippen LogP contribution in [0.4, 0.5) is 0 Å². The molecule has 0 aliphatic carbocycles.